The summed E-state index contributed by atoms with van der Waals surface area (Å²) in [6.45, 7) is 5.21. The monoisotopic (exact) mass is 247 g/mol. The van der Waals surface area contributed by atoms with Gasteiger partial charge in [-0.3, -0.25) is 4.90 Å². The van der Waals surface area contributed by atoms with Crippen molar-refractivity contribution in [3.63, 3.8) is 0 Å². The van der Waals surface area contributed by atoms with Crippen LogP contribution in [0.1, 0.15) is 18.4 Å². The summed E-state index contributed by atoms with van der Waals surface area (Å²) in [7, 11) is 0. The van der Waals surface area contributed by atoms with Crippen molar-refractivity contribution in [2.75, 3.05) is 37.6 Å². The van der Waals surface area contributed by atoms with Crippen LogP contribution in [0.25, 0.3) is 0 Å². The highest BCUT2D eigenvalue weighted by Gasteiger charge is 2.31. The lowest BCUT2D eigenvalue weighted by Crippen LogP contribution is -2.50. The third kappa shape index (κ3) is 2.33. The molecule has 0 spiro atoms. The molecule has 1 aromatic rings. The number of piperazine rings is 1. The van der Waals surface area contributed by atoms with Crippen LogP contribution in [0.15, 0.2) is 12.4 Å². The van der Waals surface area contributed by atoms with Gasteiger partial charge in [0.2, 0.25) is 5.95 Å². The first-order valence-corrected chi connectivity index (χ1v) is 6.87. The fourth-order valence-electron chi connectivity index (χ4n) is 2.98. The highest BCUT2D eigenvalue weighted by atomic mass is 15.3. The number of nitrogens with two attached hydrogens (primary N) is 1. The molecule has 5 heteroatoms. The molecule has 0 amide bonds. The summed E-state index contributed by atoms with van der Waals surface area (Å²) in [4.78, 5) is 13.9. The Hall–Kier alpha value is -1.20. The fourth-order valence-corrected chi connectivity index (χ4v) is 2.98. The van der Waals surface area contributed by atoms with Crippen LogP contribution in [-0.2, 0) is 6.42 Å². The molecule has 5 nitrogen and oxygen atoms in total. The molecule has 0 saturated carbocycles. The highest BCUT2D eigenvalue weighted by Crippen LogP contribution is 2.23. The Morgan fingerprint density at radius 3 is 2.83 bits per heavy atom. The van der Waals surface area contributed by atoms with Gasteiger partial charge < -0.3 is 10.6 Å². The number of fused-ring (bicyclic) bond motifs is 1. The molecule has 1 atom stereocenters. The summed E-state index contributed by atoms with van der Waals surface area (Å²) < 4.78 is 0. The lowest BCUT2D eigenvalue weighted by Gasteiger charge is -2.37. The van der Waals surface area contributed by atoms with Gasteiger partial charge in [-0.2, -0.15) is 0 Å². The molecule has 18 heavy (non-hydrogen) atoms. The van der Waals surface area contributed by atoms with Crippen LogP contribution in [-0.4, -0.2) is 53.6 Å². The molecular formula is C13H21N5. The second-order valence-corrected chi connectivity index (χ2v) is 5.21. The summed E-state index contributed by atoms with van der Waals surface area (Å²) >= 11 is 0. The molecular weight excluding hydrogens is 226 g/mol. The average molecular weight is 247 g/mol. The van der Waals surface area contributed by atoms with Gasteiger partial charge in [0.25, 0.3) is 0 Å². The predicted molar refractivity (Wildman–Crippen MR) is 71.6 cm³/mol. The molecule has 2 saturated heterocycles. The van der Waals surface area contributed by atoms with Crippen LogP contribution in [0.3, 0.4) is 0 Å². The van der Waals surface area contributed by atoms with Gasteiger partial charge in [0.05, 0.1) is 0 Å². The van der Waals surface area contributed by atoms with E-state index in [9.17, 15) is 0 Å². The molecule has 3 heterocycles. The van der Waals surface area contributed by atoms with Gasteiger partial charge in [0.15, 0.2) is 0 Å². The lowest BCUT2D eigenvalue weighted by atomic mass is 10.1. The third-order valence-corrected chi connectivity index (χ3v) is 3.99. The summed E-state index contributed by atoms with van der Waals surface area (Å²) in [6, 6.07) is 0.714. The van der Waals surface area contributed by atoms with Crippen molar-refractivity contribution in [1.82, 2.24) is 14.9 Å². The summed E-state index contributed by atoms with van der Waals surface area (Å²) in [5.74, 6) is 0.877. The quantitative estimate of drug-likeness (QED) is 0.830. The van der Waals surface area contributed by atoms with E-state index in [1.165, 1.54) is 19.4 Å². The van der Waals surface area contributed by atoms with Crippen LogP contribution >= 0.6 is 0 Å². The van der Waals surface area contributed by atoms with Gasteiger partial charge in [0.1, 0.15) is 0 Å². The fraction of sp³-hybridized carbons (Fsp3) is 0.692. The maximum atomic E-state index is 5.53. The topological polar surface area (TPSA) is 58.3 Å². The Bertz CT molecular complexity index is 391. The van der Waals surface area contributed by atoms with Crippen molar-refractivity contribution in [1.29, 1.82) is 0 Å². The number of hydrogen-bond acceptors (Lipinski definition) is 5. The van der Waals surface area contributed by atoms with E-state index in [1.54, 1.807) is 0 Å². The molecule has 2 fully saturated rings. The largest absolute Gasteiger partial charge is 0.338 e. The van der Waals surface area contributed by atoms with Gasteiger partial charge in [0, 0.05) is 38.1 Å². The van der Waals surface area contributed by atoms with E-state index >= 15 is 0 Å². The van der Waals surface area contributed by atoms with Crippen LogP contribution < -0.4 is 10.6 Å². The predicted octanol–water partition coefficient (Wildman–Crippen LogP) is 0.262. The zero-order valence-electron chi connectivity index (χ0n) is 10.8. The van der Waals surface area contributed by atoms with Crippen LogP contribution in [0, 0.1) is 0 Å². The van der Waals surface area contributed by atoms with E-state index in [2.05, 4.69) is 19.8 Å². The molecule has 2 N–H and O–H groups in total. The molecule has 2 aliphatic rings. The highest BCUT2D eigenvalue weighted by molar-refractivity contribution is 5.31. The Labute approximate surface area is 108 Å². The van der Waals surface area contributed by atoms with E-state index in [0.29, 0.717) is 12.6 Å². The molecule has 3 rings (SSSR count). The molecule has 0 radical (unpaired) electrons. The van der Waals surface area contributed by atoms with Gasteiger partial charge in [-0.15, -0.1) is 0 Å². The van der Waals surface area contributed by atoms with Crippen molar-refractivity contribution in [2.45, 2.75) is 25.3 Å². The van der Waals surface area contributed by atoms with Crippen LogP contribution in [0.4, 0.5) is 5.95 Å². The zero-order valence-corrected chi connectivity index (χ0v) is 10.8. The number of hydrogen-bond donors (Lipinski definition) is 1. The van der Waals surface area contributed by atoms with Crippen molar-refractivity contribution < 1.29 is 0 Å². The SMILES string of the molecule is NCCc1cnc(N2CCN3CCCC3C2)nc1. The first-order chi connectivity index (χ1) is 8.86. The van der Waals surface area contributed by atoms with E-state index in [4.69, 9.17) is 5.73 Å². The lowest BCUT2D eigenvalue weighted by molar-refractivity contribution is 0.229. The average Bonchev–Trinajstić information content (AvgIpc) is 2.87. The number of aromatic nitrogens is 2. The first-order valence-electron chi connectivity index (χ1n) is 6.87. The van der Waals surface area contributed by atoms with Crippen molar-refractivity contribution >= 4 is 5.95 Å². The maximum absolute atomic E-state index is 5.53. The molecule has 0 bridgehead atoms. The number of anilines is 1. The molecule has 98 valence electrons. The minimum Gasteiger partial charge on any atom is -0.338 e. The molecule has 0 aliphatic carbocycles. The normalized spacial score (nSPS) is 24.3. The number of nitrogens with zero attached hydrogens (tertiary/aromatic N) is 4. The number of rotatable bonds is 3. The summed E-state index contributed by atoms with van der Waals surface area (Å²) in [5.41, 5.74) is 6.65. The smallest absolute Gasteiger partial charge is 0.225 e. The third-order valence-electron chi connectivity index (χ3n) is 3.99. The summed E-state index contributed by atoms with van der Waals surface area (Å²) in [5, 5.41) is 0. The van der Waals surface area contributed by atoms with Crippen LogP contribution in [0.5, 0.6) is 0 Å². The Morgan fingerprint density at radius 2 is 2.06 bits per heavy atom. The second kappa shape index (κ2) is 5.20. The molecule has 1 unspecified atom stereocenters. The van der Waals surface area contributed by atoms with Gasteiger partial charge in [-0.25, -0.2) is 9.97 Å². The second-order valence-electron chi connectivity index (χ2n) is 5.21. The summed E-state index contributed by atoms with van der Waals surface area (Å²) in [6.07, 6.45) is 7.35. The molecule has 1 aromatic heterocycles. The molecule has 2 aliphatic heterocycles. The van der Waals surface area contributed by atoms with Gasteiger partial charge in [-0.05, 0) is 37.9 Å². The van der Waals surface area contributed by atoms with E-state index < -0.39 is 0 Å². The minimum absolute atomic E-state index is 0.656. The Balaban J connectivity index is 1.67. The van der Waals surface area contributed by atoms with E-state index in [-0.39, 0.29) is 0 Å². The Kier molecular flexibility index (Phi) is 3.43. The van der Waals surface area contributed by atoms with Crippen molar-refractivity contribution in [3.8, 4) is 0 Å². The first kappa shape index (κ1) is 11.9. The Morgan fingerprint density at radius 1 is 1.22 bits per heavy atom. The molecule has 0 aromatic carbocycles. The zero-order chi connectivity index (χ0) is 12.4. The van der Waals surface area contributed by atoms with Crippen LogP contribution in [0.2, 0.25) is 0 Å². The van der Waals surface area contributed by atoms with Gasteiger partial charge >= 0.3 is 0 Å². The standard InChI is InChI=1S/C13H21N5/c14-4-3-11-8-15-13(16-9-11)18-7-6-17-5-1-2-12(17)10-18/h8-9,12H,1-7,10,14H2. The van der Waals surface area contributed by atoms with Gasteiger partial charge in [-0.1, -0.05) is 0 Å². The van der Waals surface area contributed by atoms with Crippen molar-refractivity contribution in [3.05, 3.63) is 18.0 Å². The van der Waals surface area contributed by atoms with E-state index in [1.807, 2.05) is 12.4 Å². The van der Waals surface area contributed by atoms with E-state index in [0.717, 1.165) is 37.6 Å². The minimum atomic E-state index is 0.656. The maximum Gasteiger partial charge on any atom is 0.225 e. The van der Waals surface area contributed by atoms with Crippen molar-refractivity contribution in [2.24, 2.45) is 5.73 Å².